The minimum Gasteiger partial charge on any atom is -0.481 e. The van der Waals surface area contributed by atoms with Crippen LogP contribution in [0.2, 0.25) is 0 Å². The first-order valence-electron chi connectivity index (χ1n) is 7.20. The van der Waals surface area contributed by atoms with Gasteiger partial charge in [-0.25, -0.2) is 12.8 Å². The van der Waals surface area contributed by atoms with E-state index in [2.05, 4.69) is 5.32 Å². The molecule has 1 atom stereocenters. The molecule has 0 saturated carbocycles. The third-order valence-corrected chi connectivity index (χ3v) is 4.41. The monoisotopic (exact) mass is 351 g/mol. The van der Waals surface area contributed by atoms with Crippen molar-refractivity contribution in [1.29, 1.82) is 0 Å². The highest BCUT2D eigenvalue weighted by Gasteiger charge is 2.18. The van der Waals surface area contributed by atoms with Crippen LogP contribution in [0, 0.1) is 12.7 Å². The number of halogens is 1. The average Bonchev–Trinajstić information content (AvgIpc) is 2.48. The van der Waals surface area contributed by atoms with Gasteiger partial charge in [-0.15, -0.1) is 0 Å². The Hall–Kier alpha value is -2.41. The summed E-state index contributed by atoms with van der Waals surface area (Å²) in [5.74, 6) is -0.789. The van der Waals surface area contributed by atoms with Gasteiger partial charge in [0, 0.05) is 6.26 Å². The summed E-state index contributed by atoms with van der Waals surface area (Å²) in [5.41, 5.74) is 0.773. The summed E-state index contributed by atoms with van der Waals surface area (Å²) < 4.78 is 42.4. The Bertz CT molecular complexity index is 865. The molecule has 0 aliphatic heterocycles. The molecule has 0 spiro atoms. The number of hydrogen-bond donors (Lipinski definition) is 1. The van der Waals surface area contributed by atoms with Crippen LogP contribution in [0.1, 0.15) is 12.5 Å². The number of nitrogens with one attached hydrogen (secondary N) is 1. The molecule has 128 valence electrons. The summed E-state index contributed by atoms with van der Waals surface area (Å²) in [6.45, 7) is 3.42. The minimum atomic E-state index is -3.50. The maximum Gasteiger partial charge on any atom is 0.265 e. The maximum absolute atomic E-state index is 13.8. The highest BCUT2D eigenvalue weighted by atomic mass is 32.2. The number of carbonyl (C=O) groups is 1. The highest BCUT2D eigenvalue weighted by molar-refractivity contribution is 7.90. The molecular formula is C17H18FNO4S. The van der Waals surface area contributed by atoms with E-state index in [9.17, 15) is 17.6 Å². The molecule has 2 aromatic carbocycles. The van der Waals surface area contributed by atoms with Crippen LogP contribution in [0.15, 0.2) is 47.4 Å². The highest BCUT2D eigenvalue weighted by Crippen LogP contribution is 2.20. The van der Waals surface area contributed by atoms with Crippen LogP contribution in [0.4, 0.5) is 10.1 Å². The van der Waals surface area contributed by atoms with Gasteiger partial charge in [0.05, 0.1) is 10.6 Å². The van der Waals surface area contributed by atoms with Gasteiger partial charge in [-0.05, 0) is 49.7 Å². The van der Waals surface area contributed by atoms with Crippen molar-refractivity contribution in [3.63, 3.8) is 0 Å². The van der Waals surface area contributed by atoms with Gasteiger partial charge >= 0.3 is 0 Å². The zero-order valence-electron chi connectivity index (χ0n) is 13.5. The molecule has 0 bridgehead atoms. The molecule has 0 saturated heterocycles. The fraction of sp³-hybridized carbons (Fsp3) is 0.235. The smallest absolute Gasteiger partial charge is 0.265 e. The molecule has 1 N–H and O–H groups in total. The molecule has 0 aliphatic carbocycles. The first kappa shape index (κ1) is 17.9. The van der Waals surface area contributed by atoms with Gasteiger partial charge in [0.2, 0.25) is 0 Å². The predicted molar refractivity (Wildman–Crippen MR) is 89.4 cm³/mol. The summed E-state index contributed by atoms with van der Waals surface area (Å²) in [6.07, 6.45) is 0.128. The van der Waals surface area contributed by atoms with Crippen LogP contribution in [0.25, 0.3) is 0 Å². The quantitative estimate of drug-likeness (QED) is 0.841. The van der Waals surface area contributed by atoms with Crippen molar-refractivity contribution < 1.29 is 22.3 Å². The summed E-state index contributed by atoms with van der Waals surface area (Å²) in [4.78, 5) is 12.1. The lowest BCUT2D eigenvalue weighted by Crippen LogP contribution is -2.30. The normalized spacial score (nSPS) is 12.5. The van der Waals surface area contributed by atoms with E-state index in [4.69, 9.17) is 4.74 Å². The topological polar surface area (TPSA) is 72.5 Å². The Morgan fingerprint density at radius 3 is 2.54 bits per heavy atom. The van der Waals surface area contributed by atoms with Gasteiger partial charge in [0.1, 0.15) is 11.6 Å². The van der Waals surface area contributed by atoms with Crippen LogP contribution in [0.5, 0.6) is 5.75 Å². The standard InChI is InChI=1S/C17H18FNO4S/c1-11-5-4-6-13(9-11)23-12(2)17(20)19-16-10-14(24(3,21)22)7-8-15(16)18/h4-10,12H,1-3H3,(H,19,20). The number of ether oxygens (including phenoxy) is 1. The van der Waals surface area contributed by atoms with E-state index < -0.39 is 27.7 Å². The molecule has 1 unspecified atom stereocenters. The number of benzene rings is 2. The van der Waals surface area contributed by atoms with Crippen molar-refractivity contribution in [3.05, 3.63) is 53.8 Å². The number of carbonyl (C=O) groups excluding carboxylic acids is 1. The van der Waals surface area contributed by atoms with Crippen molar-refractivity contribution >= 4 is 21.4 Å². The largest absolute Gasteiger partial charge is 0.481 e. The Kier molecular flexibility index (Phi) is 5.23. The van der Waals surface area contributed by atoms with E-state index in [1.807, 2.05) is 13.0 Å². The van der Waals surface area contributed by atoms with E-state index in [0.717, 1.165) is 30.0 Å². The third kappa shape index (κ3) is 4.55. The lowest BCUT2D eigenvalue weighted by atomic mass is 10.2. The van der Waals surface area contributed by atoms with Crippen molar-refractivity contribution in [2.45, 2.75) is 24.8 Å². The Morgan fingerprint density at radius 1 is 1.21 bits per heavy atom. The second kappa shape index (κ2) is 7.00. The fourth-order valence-electron chi connectivity index (χ4n) is 2.01. The number of anilines is 1. The van der Waals surface area contributed by atoms with Crippen LogP contribution in [-0.2, 0) is 14.6 Å². The van der Waals surface area contributed by atoms with E-state index in [1.165, 1.54) is 6.92 Å². The fourth-order valence-corrected chi connectivity index (χ4v) is 2.66. The Labute approximate surface area is 140 Å². The molecule has 1 amide bonds. The van der Waals surface area contributed by atoms with Crippen molar-refractivity contribution in [2.75, 3.05) is 11.6 Å². The molecule has 2 aromatic rings. The van der Waals surface area contributed by atoms with Gasteiger partial charge in [-0.2, -0.15) is 0 Å². The van der Waals surface area contributed by atoms with Crippen molar-refractivity contribution in [1.82, 2.24) is 0 Å². The SMILES string of the molecule is Cc1cccc(OC(C)C(=O)Nc2cc(S(C)(=O)=O)ccc2F)c1. The average molecular weight is 351 g/mol. The van der Waals surface area contributed by atoms with Crippen molar-refractivity contribution in [2.24, 2.45) is 0 Å². The molecule has 0 heterocycles. The minimum absolute atomic E-state index is 0.0774. The predicted octanol–water partition coefficient (Wildman–Crippen LogP) is 2.94. The summed E-state index contributed by atoms with van der Waals surface area (Å²) in [5, 5.41) is 2.35. The van der Waals surface area contributed by atoms with E-state index in [1.54, 1.807) is 18.2 Å². The molecular weight excluding hydrogens is 333 g/mol. The van der Waals surface area contributed by atoms with Gasteiger partial charge in [0.25, 0.3) is 5.91 Å². The van der Waals surface area contributed by atoms with Crippen LogP contribution >= 0.6 is 0 Å². The zero-order chi connectivity index (χ0) is 17.9. The lowest BCUT2D eigenvalue weighted by molar-refractivity contribution is -0.122. The van der Waals surface area contributed by atoms with E-state index in [0.29, 0.717) is 5.75 Å². The zero-order valence-corrected chi connectivity index (χ0v) is 14.4. The third-order valence-electron chi connectivity index (χ3n) is 3.30. The molecule has 0 aromatic heterocycles. The molecule has 0 aliphatic rings. The van der Waals surface area contributed by atoms with E-state index in [-0.39, 0.29) is 10.6 Å². The Balaban J connectivity index is 2.14. The maximum atomic E-state index is 13.8. The van der Waals surface area contributed by atoms with Gasteiger partial charge in [-0.3, -0.25) is 4.79 Å². The number of sulfone groups is 1. The van der Waals surface area contributed by atoms with Crippen LogP contribution in [-0.4, -0.2) is 26.7 Å². The molecule has 0 fully saturated rings. The summed E-state index contributed by atoms with van der Waals surface area (Å²) >= 11 is 0. The van der Waals surface area contributed by atoms with Gasteiger partial charge in [-0.1, -0.05) is 12.1 Å². The number of rotatable bonds is 5. The van der Waals surface area contributed by atoms with Crippen LogP contribution < -0.4 is 10.1 Å². The van der Waals surface area contributed by atoms with Crippen molar-refractivity contribution in [3.8, 4) is 5.75 Å². The first-order chi connectivity index (χ1) is 11.2. The molecule has 24 heavy (non-hydrogen) atoms. The molecule has 0 radical (unpaired) electrons. The van der Waals surface area contributed by atoms with Gasteiger partial charge < -0.3 is 10.1 Å². The van der Waals surface area contributed by atoms with Crippen LogP contribution in [0.3, 0.4) is 0 Å². The molecule has 2 rings (SSSR count). The number of amides is 1. The van der Waals surface area contributed by atoms with E-state index >= 15 is 0 Å². The molecule has 7 heteroatoms. The molecule has 5 nitrogen and oxygen atoms in total. The first-order valence-corrected chi connectivity index (χ1v) is 9.10. The second-order valence-corrected chi connectivity index (χ2v) is 7.50. The number of aryl methyl sites for hydroxylation is 1. The second-order valence-electron chi connectivity index (χ2n) is 5.48. The lowest BCUT2D eigenvalue weighted by Gasteiger charge is -2.15. The number of hydrogen-bond acceptors (Lipinski definition) is 4. The summed E-state index contributed by atoms with van der Waals surface area (Å²) in [7, 11) is -3.50. The summed E-state index contributed by atoms with van der Waals surface area (Å²) in [6, 6.07) is 10.4. The Morgan fingerprint density at radius 2 is 1.92 bits per heavy atom. The van der Waals surface area contributed by atoms with Gasteiger partial charge in [0.15, 0.2) is 15.9 Å².